The van der Waals surface area contributed by atoms with Gasteiger partial charge < -0.3 is 29.5 Å². The van der Waals surface area contributed by atoms with Crippen LogP contribution in [0, 0.1) is 18.8 Å². The fourth-order valence-electron chi connectivity index (χ4n) is 5.17. The van der Waals surface area contributed by atoms with E-state index in [-0.39, 0.29) is 29.7 Å². The Hall–Kier alpha value is -4.42. The Morgan fingerprint density at radius 3 is 2.20 bits per heavy atom. The third kappa shape index (κ3) is 13.1. The molecule has 2 atom stereocenters. The van der Waals surface area contributed by atoms with E-state index in [4.69, 9.17) is 14.0 Å². The summed E-state index contributed by atoms with van der Waals surface area (Å²) in [5, 5.41) is 5.94. The quantitative estimate of drug-likeness (QED) is 0.0384. The van der Waals surface area contributed by atoms with E-state index in [0.717, 1.165) is 37.0 Å². The van der Waals surface area contributed by atoms with E-state index < -0.39 is 26.6 Å². The van der Waals surface area contributed by atoms with Crippen LogP contribution in [0.5, 0.6) is 5.75 Å². The molecule has 0 saturated carbocycles. The summed E-state index contributed by atoms with van der Waals surface area (Å²) in [6, 6.07) is 18.3. The lowest BCUT2D eigenvalue weighted by Crippen LogP contribution is -2.32. The maximum atomic E-state index is 13.2. The van der Waals surface area contributed by atoms with Gasteiger partial charge >= 0.3 is 25.8 Å². The largest absolute Gasteiger partial charge is 0.555 e. The first-order chi connectivity index (χ1) is 23.7. The van der Waals surface area contributed by atoms with Gasteiger partial charge in [0, 0.05) is 18.8 Å². The van der Waals surface area contributed by atoms with Crippen LogP contribution in [0.15, 0.2) is 66.7 Å². The van der Waals surface area contributed by atoms with Crippen LogP contribution in [-0.2, 0) is 28.4 Å². The summed E-state index contributed by atoms with van der Waals surface area (Å²) in [4.78, 5) is 54.6. The molecule has 0 aliphatic heterocycles. The van der Waals surface area contributed by atoms with E-state index in [1.54, 1.807) is 0 Å². The van der Waals surface area contributed by atoms with Gasteiger partial charge in [0.2, 0.25) is 6.79 Å². The number of hydrogen-bond acceptors (Lipinski definition) is 10. The summed E-state index contributed by atoms with van der Waals surface area (Å²) in [7, 11) is -3.52. The molecule has 0 saturated heterocycles. The van der Waals surface area contributed by atoms with Crippen molar-refractivity contribution in [1.29, 1.82) is 0 Å². The monoisotopic (exact) mass is 713 g/mol. The van der Waals surface area contributed by atoms with Gasteiger partial charge in [0.15, 0.2) is 0 Å². The van der Waals surface area contributed by atoms with E-state index in [0.29, 0.717) is 29.6 Å². The van der Waals surface area contributed by atoms with Gasteiger partial charge in [0.1, 0.15) is 5.75 Å². The van der Waals surface area contributed by atoms with Gasteiger partial charge in [-0.05, 0) is 79.1 Å². The second kappa shape index (κ2) is 19.1. The first kappa shape index (κ1) is 40.0. The Balaban J connectivity index is 1.72. The van der Waals surface area contributed by atoms with Crippen LogP contribution in [0.1, 0.15) is 74.9 Å². The fraction of sp³-hybridized carbons (Fsp3) is 0.417. The van der Waals surface area contributed by atoms with E-state index in [9.17, 15) is 23.8 Å². The number of carbonyl (C=O) groups excluding carboxylic acids is 3. The van der Waals surface area contributed by atoms with Crippen molar-refractivity contribution in [2.24, 2.45) is 11.8 Å². The minimum absolute atomic E-state index is 0.00128. The molecule has 0 aromatic heterocycles. The summed E-state index contributed by atoms with van der Waals surface area (Å²) >= 11 is 0. The number of hydrogen-bond donors (Lipinski definition) is 3. The van der Waals surface area contributed by atoms with Crippen molar-refractivity contribution in [2.75, 3.05) is 42.5 Å². The molecule has 0 heterocycles. The maximum Gasteiger partial charge on any atom is 0.555 e. The van der Waals surface area contributed by atoms with Gasteiger partial charge in [-0.25, -0.2) is 19.0 Å². The molecule has 50 heavy (non-hydrogen) atoms. The molecule has 3 aromatic carbocycles. The van der Waals surface area contributed by atoms with Crippen LogP contribution in [-0.4, -0.2) is 49.9 Å². The molecule has 14 heteroatoms. The number of anilines is 3. The molecule has 13 nitrogen and oxygen atoms in total. The Morgan fingerprint density at radius 2 is 1.58 bits per heavy atom. The third-order valence-corrected chi connectivity index (χ3v) is 8.12. The highest BCUT2D eigenvalue weighted by molar-refractivity contribution is 7.47. The predicted octanol–water partition coefficient (Wildman–Crippen LogP) is 8.06. The van der Waals surface area contributed by atoms with Crippen LogP contribution in [0.3, 0.4) is 0 Å². The van der Waals surface area contributed by atoms with Crippen molar-refractivity contribution in [3.05, 3.63) is 83.4 Å². The molecule has 1 unspecified atom stereocenters. The molecular formula is C36H48N3O10P. The van der Waals surface area contributed by atoms with Crippen molar-refractivity contribution in [3.63, 3.8) is 0 Å². The summed E-state index contributed by atoms with van der Waals surface area (Å²) in [5.74, 6) is -1.08. The zero-order valence-electron chi connectivity index (χ0n) is 29.6. The molecule has 272 valence electrons. The average molecular weight is 714 g/mol. The van der Waals surface area contributed by atoms with Crippen molar-refractivity contribution in [2.45, 2.75) is 60.3 Å². The molecule has 2 amide bonds. The second-order valence-corrected chi connectivity index (χ2v) is 13.9. The fourth-order valence-corrected chi connectivity index (χ4v) is 5.77. The Morgan fingerprint density at radius 1 is 0.900 bits per heavy atom. The van der Waals surface area contributed by atoms with Crippen molar-refractivity contribution in [1.82, 2.24) is 0 Å². The number of nitrogens with zero attached hydrogens (tertiary/aromatic N) is 1. The molecule has 0 fully saturated rings. The van der Waals surface area contributed by atoms with Crippen LogP contribution < -0.4 is 20.1 Å². The third-order valence-electron chi connectivity index (χ3n) is 7.34. The number of rotatable bonds is 18. The van der Waals surface area contributed by atoms with Gasteiger partial charge in [0.25, 0.3) is 0 Å². The molecule has 3 aromatic rings. The zero-order chi connectivity index (χ0) is 36.8. The summed E-state index contributed by atoms with van der Waals surface area (Å²) in [5.41, 5.74) is 4.06. The molecule has 0 spiro atoms. The topological polar surface area (TPSA) is 162 Å². The molecule has 0 radical (unpaired) electrons. The highest BCUT2D eigenvalue weighted by atomic mass is 31.2. The normalized spacial score (nSPS) is 12.9. The van der Waals surface area contributed by atoms with E-state index in [1.165, 1.54) is 24.3 Å². The maximum absolute atomic E-state index is 13.2. The van der Waals surface area contributed by atoms with Crippen molar-refractivity contribution in [3.8, 4) is 5.75 Å². The number of phosphoric ester groups is 1. The van der Waals surface area contributed by atoms with E-state index >= 15 is 0 Å². The number of esters is 2. The number of amides is 2. The number of urea groups is 1. The first-order valence-corrected chi connectivity index (χ1v) is 17.9. The zero-order valence-corrected chi connectivity index (χ0v) is 30.5. The van der Waals surface area contributed by atoms with Gasteiger partial charge in [-0.15, -0.1) is 4.67 Å². The highest BCUT2D eigenvalue weighted by Gasteiger charge is 2.25. The molecule has 0 aliphatic carbocycles. The number of nitrogens with one attached hydrogen (secondary N) is 2. The summed E-state index contributed by atoms with van der Waals surface area (Å²) in [6.07, 6.45) is 0.595. The average Bonchev–Trinajstić information content (AvgIpc) is 3.03. The lowest BCUT2D eigenvalue weighted by Gasteiger charge is -2.31. The standard InChI is InChI=1S/C36H48N3O10P/c1-8-27(20-34(40)46-23-47-35(41)29-10-9-11-31(18-29)48-50(43,44)49-45-7)28-14-17-33(39(21-24(2)3)22-25(4)5)32(19-28)38-36(42)37-30-15-12-26(6)13-16-30/h9-19,24-25,27H,8,20-23H2,1-7H3,(H,43,44)(H2,37,38,42)/t27-/m0/s1. The molecular weight excluding hydrogens is 665 g/mol. The Labute approximate surface area is 293 Å². The smallest absolute Gasteiger partial charge is 0.428 e. The van der Waals surface area contributed by atoms with Gasteiger partial charge in [-0.2, -0.15) is 0 Å². The molecule has 3 rings (SSSR count). The molecule has 3 N–H and O–H groups in total. The predicted molar refractivity (Wildman–Crippen MR) is 191 cm³/mol. The lowest BCUT2D eigenvalue weighted by atomic mass is 9.92. The Kier molecular flexibility index (Phi) is 15.3. The minimum Gasteiger partial charge on any atom is -0.428 e. The summed E-state index contributed by atoms with van der Waals surface area (Å²) in [6.45, 7) is 13.4. The van der Waals surface area contributed by atoms with Gasteiger partial charge in [0.05, 0.1) is 30.5 Å². The molecule has 0 bridgehead atoms. The van der Waals surface area contributed by atoms with Crippen LogP contribution in [0.2, 0.25) is 0 Å². The van der Waals surface area contributed by atoms with Crippen LogP contribution in [0.25, 0.3) is 0 Å². The number of phosphoric acid groups is 1. The van der Waals surface area contributed by atoms with Crippen LogP contribution in [0.4, 0.5) is 21.9 Å². The minimum atomic E-state index is -4.56. The van der Waals surface area contributed by atoms with E-state index in [2.05, 4.69) is 52.8 Å². The van der Waals surface area contributed by atoms with Gasteiger partial charge in [-0.3, -0.25) is 9.69 Å². The van der Waals surface area contributed by atoms with Crippen molar-refractivity contribution < 1.29 is 47.4 Å². The highest BCUT2D eigenvalue weighted by Crippen LogP contribution is 2.44. The van der Waals surface area contributed by atoms with Gasteiger partial charge in [-0.1, -0.05) is 64.4 Å². The Bertz CT molecular complexity index is 1620. The van der Waals surface area contributed by atoms with E-state index in [1.807, 2.05) is 56.3 Å². The van der Waals surface area contributed by atoms with Crippen LogP contribution >= 0.6 is 7.82 Å². The van der Waals surface area contributed by atoms with Crippen molar-refractivity contribution >= 4 is 42.9 Å². The SMILES string of the molecule is CC[C@@H](CC(=O)OCOC(=O)c1cccc(OP(=O)(O)OOC)c1)c1ccc(N(CC(C)C)CC(C)C)c(NC(=O)Nc2ccc(C)cc2)c1. The first-order valence-electron chi connectivity index (χ1n) is 16.4. The second-order valence-electron chi connectivity index (χ2n) is 12.6. The number of ether oxygens (including phenoxy) is 2. The number of benzene rings is 3. The summed E-state index contributed by atoms with van der Waals surface area (Å²) < 4.78 is 31.1. The number of aryl methyl sites for hydroxylation is 1. The molecule has 0 aliphatic rings. The number of carbonyl (C=O) groups is 3. The lowest BCUT2D eigenvalue weighted by molar-refractivity contribution is -0.193.